The van der Waals surface area contributed by atoms with Gasteiger partial charge in [-0.15, -0.1) is 0 Å². The molecule has 0 radical (unpaired) electrons. The smallest absolute Gasteiger partial charge is 0.327 e. The van der Waals surface area contributed by atoms with Gasteiger partial charge in [0.1, 0.15) is 12.4 Å². The lowest BCUT2D eigenvalue weighted by Crippen LogP contribution is -2.16. The van der Waals surface area contributed by atoms with E-state index in [1.807, 2.05) is 0 Å². The van der Waals surface area contributed by atoms with E-state index in [4.69, 9.17) is 10.5 Å². The molecule has 0 aliphatic rings. The highest BCUT2D eigenvalue weighted by Gasteiger charge is 2.08. The summed E-state index contributed by atoms with van der Waals surface area (Å²) in [7, 11) is 0. The fourth-order valence-corrected chi connectivity index (χ4v) is 1.23. The first kappa shape index (κ1) is 10.3. The Bertz CT molecular complexity index is 311. The number of hydrogen-bond donors (Lipinski definition) is 1. The van der Waals surface area contributed by atoms with Crippen LogP contribution in [0.25, 0.3) is 0 Å². The summed E-state index contributed by atoms with van der Waals surface area (Å²) in [6.45, 7) is 2.20. The summed E-state index contributed by atoms with van der Waals surface area (Å²) in [6.07, 6.45) is 1.61. The van der Waals surface area contributed by atoms with Gasteiger partial charge in [-0.25, -0.2) is 4.68 Å². The molecule has 13 heavy (non-hydrogen) atoms. The zero-order chi connectivity index (χ0) is 9.84. The van der Waals surface area contributed by atoms with Gasteiger partial charge in [-0.1, -0.05) is 0 Å². The second kappa shape index (κ2) is 4.45. The van der Waals surface area contributed by atoms with Crippen molar-refractivity contribution < 1.29 is 9.53 Å². The van der Waals surface area contributed by atoms with Crippen LogP contribution < -0.4 is 5.73 Å². The molecule has 0 saturated carbocycles. The van der Waals surface area contributed by atoms with Crippen molar-refractivity contribution in [3.05, 3.63) is 9.77 Å². The minimum Gasteiger partial charge on any atom is -0.465 e. The topological polar surface area (TPSA) is 70.1 Å². The van der Waals surface area contributed by atoms with Gasteiger partial charge in [-0.3, -0.25) is 4.79 Å². The Morgan fingerprint density at radius 3 is 3.00 bits per heavy atom. The average Bonchev–Trinajstić information content (AvgIpc) is 2.37. The maximum atomic E-state index is 11.0. The summed E-state index contributed by atoms with van der Waals surface area (Å²) >= 11 is 2.05. The van der Waals surface area contributed by atoms with Crippen LogP contribution in [-0.4, -0.2) is 22.4 Å². The molecule has 0 fully saturated rings. The van der Waals surface area contributed by atoms with Crippen LogP contribution in [0.15, 0.2) is 6.20 Å². The molecule has 0 aliphatic carbocycles. The molecule has 1 rings (SSSR count). The number of nitrogen functional groups attached to an aromatic ring is 1. The third-order valence-corrected chi connectivity index (χ3v) is 2.25. The summed E-state index contributed by atoms with van der Waals surface area (Å²) in [4.78, 5) is 11.0. The van der Waals surface area contributed by atoms with Crippen LogP contribution in [0, 0.1) is 3.57 Å². The van der Waals surface area contributed by atoms with Crippen molar-refractivity contribution in [1.82, 2.24) is 9.78 Å². The molecule has 0 saturated heterocycles. The lowest BCUT2D eigenvalue weighted by atomic mass is 10.6. The number of nitrogens with two attached hydrogens (primary N) is 1. The van der Waals surface area contributed by atoms with Crippen molar-refractivity contribution in [2.75, 3.05) is 12.3 Å². The van der Waals surface area contributed by atoms with Crippen LogP contribution in [0.3, 0.4) is 0 Å². The van der Waals surface area contributed by atoms with E-state index in [2.05, 4.69) is 27.7 Å². The SMILES string of the molecule is CCOC(=O)Cn1ncc(I)c1N. The van der Waals surface area contributed by atoms with Crippen LogP contribution in [0.4, 0.5) is 5.82 Å². The van der Waals surface area contributed by atoms with Crippen molar-refractivity contribution in [1.29, 1.82) is 0 Å². The fraction of sp³-hybridized carbons (Fsp3) is 0.429. The highest BCUT2D eigenvalue weighted by Crippen LogP contribution is 2.12. The lowest BCUT2D eigenvalue weighted by Gasteiger charge is -2.03. The Morgan fingerprint density at radius 1 is 1.85 bits per heavy atom. The van der Waals surface area contributed by atoms with Gasteiger partial charge in [-0.05, 0) is 29.5 Å². The van der Waals surface area contributed by atoms with Gasteiger partial charge in [0.05, 0.1) is 16.4 Å². The van der Waals surface area contributed by atoms with Gasteiger partial charge in [0.2, 0.25) is 0 Å². The molecular weight excluding hydrogens is 285 g/mol. The minimum atomic E-state index is -0.325. The summed E-state index contributed by atoms with van der Waals surface area (Å²) in [5, 5.41) is 3.92. The maximum Gasteiger partial charge on any atom is 0.327 e. The van der Waals surface area contributed by atoms with Crippen LogP contribution in [0.2, 0.25) is 0 Å². The number of aromatic nitrogens is 2. The molecule has 1 aromatic rings. The number of nitrogens with zero attached hydrogens (tertiary/aromatic N) is 2. The number of halogens is 1. The van der Waals surface area contributed by atoms with Crippen molar-refractivity contribution in [3.63, 3.8) is 0 Å². The summed E-state index contributed by atoms with van der Waals surface area (Å²) in [5.41, 5.74) is 5.63. The Kier molecular flexibility index (Phi) is 3.52. The molecule has 0 aliphatic heterocycles. The van der Waals surface area contributed by atoms with Gasteiger partial charge >= 0.3 is 5.97 Å². The highest BCUT2D eigenvalue weighted by molar-refractivity contribution is 14.1. The van der Waals surface area contributed by atoms with Crippen molar-refractivity contribution in [2.24, 2.45) is 0 Å². The minimum absolute atomic E-state index is 0.0721. The standard InChI is InChI=1S/C7H10IN3O2/c1-2-13-6(12)4-11-7(9)5(8)3-10-11/h3H,2,4,9H2,1H3. The first-order valence-corrected chi connectivity index (χ1v) is 4.85. The van der Waals surface area contributed by atoms with Crippen LogP contribution >= 0.6 is 22.6 Å². The number of anilines is 1. The second-order valence-electron chi connectivity index (χ2n) is 2.34. The molecule has 6 heteroatoms. The van der Waals surface area contributed by atoms with E-state index in [0.29, 0.717) is 12.4 Å². The molecule has 5 nitrogen and oxygen atoms in total. The number of carbonyl (C=O) groups excluding carboxylic acids is 1. The average molecular weight is 295 g/mol. The molecule has 0 unspecified atom stereocenters. The lowest BCUT2D eigenvalue weighted by molar-refractivity contribution is -0.143. The maximum absolute atomic E-state index is 11.0. The summed E-state index contributed by atoms with van der Waals surface area (Å²) < 4.78 is 7.00. The molecule has 0 spiro atoms. The monoisotopic (exact) mass is 295 g/mol. The molecule has 0 aromatic carbocycles. The van der Waals surface area contributed by atoms with Gasteiger partial charge in [0, 0.05) is 0 Å². The van der Waals surface area contributed by atoms with E-state index in [1.165, 1.54) is 4.68 Å². The molecular formula is C7H10IN3O2. The van der Waals surface area contributed by atoms with E-state index < -0.39 is 0 Å². The number of carbonyl (C=O) groups is 1. The molecule has 2 N–H and O–H groups in total. The third-order valence-electron chi connectivity index (χ3n) is 1.42. The molecule has 1 aromatic heterocycles. The summed E-state index contributed by atoms with van der Waals surface area (Å²) in [6, 6.07) is 0. The van der Waals surface area contributed by atoms with Crippen molar-refractivity contribution in [3.8, 4) is 0 Å². The largest absolute Gasteiger partial charge is 0.465 e. The highest BCUT2D eigenvalue weighted by atomic mass is 127. The molecule has 72 valence electrons. The number of ether oxygens (including phenoxy) is 1. The Balaban J connectivity index is 2.64. The van der Waals surface area contributed by atoms with Crippen molar-refractivity contribution in [2.45, 2.75) is 13.5 Å². The molecule has 0 bridgehead atoms. The quantitative estimate of drug-likeness (QED) is 0.656. The van der Waals surface area contributed by atoms with E-state index in [-0.39, 0.29) is 12.5 Å². The predicted octanol–water partition coefficient (Wildman–Crippen LogP) is 0.633. The van der Waals surface area contributed by atoms with E-state index >= 15 is 0 Å². The van der Waals surface area contributed by atoms with Crippen molar-refractivity contribution >= 4 is 34.4 Å². The number of rotatable bonds is 3. The van der Waals surface area contributed by atoms with Gasteiger partial charge in [0.25, 0.3) is 0 Å². The molecule has 0 atom stereocenters. The van der Waals surface area contributed by atoms with Crippen LogP contribution in [-0.2, 0) is 16.1 Å². The Morgan fingerprint density at radius 2 is 2.54 bits per heavy atom. The number of esters is 1. The first-order valence-electron chi connectivity index (χ1n) is 3.77. The summed E-state index contributed by atoms with van der Waals surface area (Å²) in [5.74, 6) is 0.169. The molecule has 0 amide bonds. The van der Waals surface area contributed by atoms with Crippen LogP contribution in [0.5, 0.6) is 0 Å². The zero-order valence-corrected chi connectivity index (χ0v) is 9.32. The van der Waals surface area contributed by atoms with E-state index in [9.17, 15) is 4.79 Å². The van der Waals surface area contributed by atoms with Gasteiger partial charge in [-0.2, -0.15) is 5.10 Å². The number of hydrogen-bond acceptors (Lipinski definition) is 4. The second-order valence-corrected chi connectivity index (χ2v) is 3.50. The van der Waals surface area contributed by atoms with E-state index in [0.717, 1.165) is 3.57 Å². The first-order chi connectivity index (χ1) is 6.15. The van der Waals surface area contributed by atoms with Crippen LogP contribution in [0.1, 0.15) is 6.92 Å². The zero-order valence-electron chi connectivity index (χ0n) is 7.16. The molecule has 1 heterocycles. The Hall–Kier alpha value is -0.790. The third kappa shape index (κ3) is 2.58. The van der Waals surface area contributed by atoms with E-state index in [1.54, 1.807) is 13.1 Å². The normalized spacial score (nSPS) is 10.0. The van der Waals surface area contributed by atoms with Gasteiger partial charge < -0.3 is 10.5 Å². The fourth-order valence-electron chi connectivity index (χ4n) is 0.827. The van der Waals surface area contributed by atoms with Gasteiger partial charge in [0.15, 0.2) is 0 Å². The Labute approximate surface area is 89.4 Å². The predicted molar refractivity (Wildman–Crippen MR) is 56.0 cm³/mol.